The number of ether oxygens (including phenoxy) is 1. The molecule has 4 N–H and O–H groups in total. The number of carboxylic acid groups (broad SMARTS) is 2. The van der Waals surface area contributed by atoms with E-state index < -0.39 is 24.2 Å². The van der Waals surface area contributed by atoms with Gasteiger partial charge in [-0.1, -0.05) is 57.9 Å². The molecule has 43 heavy (non-hydrogen) atoms. The molecule has 10 nitrogen and oxygen atoms in total. The molecule has 0 radical (unpaired) electrons. The van der Waals surface area contributed by atoms with Crippen molar-refractivity contribution in [1.29, 1.82) is 0 Å². The molecule has 0 aliphatic carbocycles. The van der Waals surface area contributed by atoms with Crippen LogP contribution in [0.4, 0.5) is 17.2 Å². The Morgan fingerprint density at radius 1 is 1.05 bits per heavy atom. The standard InChI is InChI=1S/C33H39N5O5/c1-3-4-5-6-7-8-9-10-19-43-26-14-12-25(13-15-26)37-18-17-24-20-23(11-16-28(24)37)21-27-31(30(35-2)33(41)42)38(22-29(39)40)36-32(27)34/h11-16,20-21H,3-10,17-19,22H2,1H3,(H2,34,36)(H,39,40)(H,41,42)/b27-21-,31-30?. The number of hydrogen-bond acceptors (Lipinski definition) is 6. The van der Waals surface area contributed by atoms with Crippen LogP contribution in [0.1, 0.15) is 69.4 Å². The van der Waals surface area contributed by atoms with E-state index in [9.17, 15) is 19.8 Å². The number of hydrogen-bond donors (Lipinski definition) is 3. The molecule has 226 valence electrons. The van der Waals surface area contributed by atoms with Crippen molar-refractivity contribution in [2.45, 2.75) is 71.3 Å². The average Bonchev–Trinajstić information content (AvgIpc) is 3.53. The number of nitrogen functional groups attached to an aromatic ring is 1. The molecule has 0 unspecified atom stereocenters. The van der Waals surface area contributed by atoms with Crippen LogP contribution in [0.5, 0.6) is 5.75 Å². The number of anilines is 3. The van der Waals surface area contributed by atoms with Gasteiger partial charge in [0.15, 0.2) is 5.82 Å². The molecule has 2 aromatic carbocycles. The molecule has 0 saturated heterocycles. The van der Waals surface area contributed by atoms with Crippen LogP contribution in [-0.4, -0.2) is 45.1 Å². The van der Waals surface area contributed by atoms with Crippen LogP contribution in [0.2, 0.25) is 0 Å². The van der Waals surface area contributed by atoms with Gasteiger partial charge in [0, 0.05) is 23.1 Å². The Morgan fingerprint density at radius 2 is 1.74 bits per heavy atom. The minimum atomic E-state index is -1.48. The number of benzene rings is 2. The van der Waals surface area contributed by atoms with Gasteiger partial charge < -0.3 is 25.6 Å². The summed E-state index contributed by atoms with van der Waals surface area (Å²) < 4.78 is 6.91. The monoisotopic (exact) mass is 585 g/mol. The summed E-state index contributed by atoms with van der Waals surface area (Å²) in [6, 6.07) is 14.0. The number of aliphatic carboxylic acids is 2. The maximum absolute atomic E-state index is 11.7. The summed E-state index contributed by atoms with van der Waals surface area (Å²) in [7, 11) is 0. The molecule has 2 heterocycles. The molecule has 0 amide bonds. The zero-order chi connectivity index (χ0) is 30.8. The number of nitrogens with zero attached hydrogens (tertiary/aromatic N) is 4. The Kier molecular flexibility index (Phi) is 10.8. The van der Waals surface area contributed by atoms with Crippen LogP contribution in [0.15, 0.2) is 42.5 Å². The minimum absolute atomic E-state index is 0.0505. The second-order valence-electron chi connectivity index (χ2n) is 10.7. The molecule has 1 aliphatic heterocycles. The predicted octanol–water partition coefficient (Wildman–Crippen LogP) is 4.70. The van der Waals surface area contributed by atoms with Crippen LogP contribution in [0.25, 0.3) is 16.6 Å². The molecule has 1 aromatic heterocycles. The highest BCUT2D eigenvalue weighted by Gasteiger charge is 2.21. The Balaban J connectivity index is 1.46. The van der Waals surface area contributed by atoms with E-state index in [4.69, 9.17) is 17.0 Å². The third kappa shape index (κ3) is 7.95. The maximum Gasteiger partial charge on any atom is 0.336 e. The largest absolute Gasteiger partial charge is 0.494 e. The van der Waals surface area contributed by atoms with Gasteiger partial charge in [-0.25, -0.2) is 4.85 Å². The van der Waals surface area contributed by atoms with Crippen molar-refractivity contribution < 1.29 is 24.5 Å². The van der Waals surface area contributed by atoms with Gasteiger partial charge in [0.05, 0.1) is 18.5 Å². The van der Waals surface area contributed by atoms with E-state index in [0.717, 1.165) is 58.9 Å². The first-order chi connectivity index (χ1) is 20.8. The van der Waals surface area contributed by atoms with Crippen LogP contribution >= 0.6 is 0 Å². The normalized spacial score (nSPS) is 13.5. The Morgan fingerprint density at radius 3 is 2.40 bits per heavy atom. The quantitative estimate of drug-likeness (QED) is 0.173. The topological polar surface area (TPSA) is 135 Å². The highest BCUT2D eigenvalue weighted by atomic mass is 16.5. The first-order valence-electron chi connectivity index (χ1n) is 14.9. The Hall–Kier alpha value is -4.78. The molecule has 0 atom stereocenters. The van der Waals surface area contributed by atoms with Crippen LogP contribution < -0.4 is 25.9 Å². The molecule has 0 saturated carbocycles. The van der Waals surface area contributed by atoms with Gasteiger partial charge in [-0.05, 0) is 66.4 Å². The highest BCUT2D eigenvalue weighted by Crippen LogP contribution is 2.35. The number of carbonyl (C=O) groups is 2. The van der Waals surface area contributed by atoms with E-state index in [1.54, 1.807) is 6.08 Å². The predicted molar refractivity (Wildman–Crippen MR) is 166 cm³/mol. The molecule has 0 spiro atoms. The first kappa shape index (κ1) is 31.2. The van der Waals surface area contributed by atoms with Crippen molar-refractivity contribution >= 4 is 40.9 Å². The third-order valence-corrected chi connectivity index (χ3v) is 7.57. The Labute approximate surface area is 251 Å². The number of rotatable bonds is 15. The SMILES string of the molecule is [C-]#[N+]C(C(=O)O)=c1/c(=C/c2ccc3c(c2)CCN3c2ccc(OCCCCCCCCCC)cc2)c(N)nn1CC(=O)O. The van der Waals surface area contributed by atoms with Crippen LogP contribution in [0, 0.1) is 6.57 Å². The fourth-order valence-electron chi connectivity index (χ4n) is 5.43. The lowest BCUT2D eigenvalue weighted by Gasteiger charge is -2.20. The summed E-state index contributed by atoms with van der Waals surface area (Å²) in [6.45, 7) is 10.5. The molecule has 4 rings (SSSR count). The number of carboxylic acids is 2. The lowest BCUT2D eigenvalue weighted by Crippen LogP contribution is -2.35. The summed E-state index contributed by atoms with van der Waals surface area (Å²) >= 11 is 0. The van der Waals surface area contributed by atoms with Gasteiger partial charge in [-0.15, -0.1) is 0 Å². The van der Waals surface area contributed by atoms with Crippen molar-refractivity contribution in [3.63, 3.8) is 0 Å². The van der Waals surface area contributed by atoms with Crippen molar-refractivity contribution in [3.8, 4) is 5.75 Å². The number of fused-ring (bicyclic) bond motifs is 1. The van der Waals surface area contributed by atoms with Crippen molar-refractivity contribution in [3.05, 3.63) is 75.6 Å². The molecule has 3 aromatic rings. The lowest BCUT2D eigenvalue weighted by molar-refractivity contribution is -0.138. The van der Waals surface area contributed by atoms with Gasteiger partial charge in [0.25, 0.3) is 5.70 Å². The summed E-state index contributed by atoms with van der Waals surface area (Å²) in [5.74, 6) is -1.90. The second-order valence-corrected chi connectivity index (χ2v) is 10.7. The molecular formula is C33H39N5O5. The smallest absolute Gasteiger partial charge is 0.336 e. The van der Waals surface area contributed by atoms with Gasteiger partial charge in [-0.3, -0.25) is 14.3 Å². The number of nitrogens with two attached hydrogens (primary N) is 1. The fourth-order valence-corrected chi connectivity index (χ4v) is 5.43. The van der Waals surface area contributed by atoms with E-state index in [2.05, 4.69) is 33.9 Å². The lowest BCUT2D eigenvalue weighted by atomic mass is 10.1. The summed E-state index contributed by atoms with van der Waals surface area (Å²) in [5.41, 5.74) is 9.40. The van der Waals surface area contributed by atoms with E-state index in [1.807, 2.05) is 30.3 Å². The van der Waals surface area contributed by atoms with Crippen molar-refractivity contribution in [2.75, 3.05) is 23.8 Å². The van der Waals surface area contributed by atoms with Crippen molar-refractivity contribution in [1.82, 2.24) is 9.78 Å². The fraction of sp³-hybridized carbons (Fsp3) is 0.394. The molecular weight excluding hydrogens is 546 g/mol. The average molecular weight is 586 g/mol. The minimum Gasteiger partial charge on any atom is -0.494 e. The summed E-state index contributed by atoms with van der Waals surface area (Å²) in [6.07, 6.45) is 12.6. The number of aromatic nitrogens is 2. The van der Waals surface area contributed by atoms with Gasteiger partial charge in [0.1, 0.15) is 12.3 Å². The first-order valence-corrected chi connectivity index (χ1v) is 14.9. The molecule has 0 bridgehead atoms. The highest BCUT2D eigenvalue weighted by molar-refractivity contribution is 6.11. The summed E-state index contributed by atoms with van der Waals surface area (Å²) in [4.78, 5) is 28.4. The van der Waals surface area contributed by atoms with E-state index in [1.165, 1.54) is 44.9 Å². The van der Waals surface area contributed by atoms with Gasteiger partial charge in [0.2, 0.25) is 0 Å². The van der Waals surface area contributed by atoms with Gasteiger partial charge >= 0.3 is 11.9 Å². The molecule has 1 aliphatic rings. The van der Waals surface area contributed by atoms with E-state index >= 15 is 0 Å². The van der Waals surface area contributed by atoms with E-state index in [-0.39, 0.29) is 16.4 Å². The molecule has 10 heteroatoms. The zero-order valence-corrected chi connectivity index (χ0v) is 24.6. The molecule has 0 fully saturated rings. The van der Waals surface area contributed by atoms with Crippen LogP contribution in [-0.2, 0) is 22.6 Å². The number of unbranched alkanes of at least 4 members (excludes halogenated alkanes) is 7. The second kappa shape index (κ2) is 14.9. The third-order valence-electron chi connectivity index (χ3n) is 7.57. The maximum atomic E-state index is 11.7. The van der Waals surface area contributed by atoms with Crippen LogP contribution in [0.3, 0.4) is 0 Å². The zero-order valence-electron chi connectivity index (χ0n) is 24.6. The Bertz CT molecular complexity index is 1600. The van der Waals surface area contributed by atoms with Gasteiger partial charge in [-0.2, -0.15) is 5.10 Å². The van der Waals surface area contributed by atoms with E-state index in [0.29, 0.717) is 0 Å². The van der Waals surface area contributed by atoms with Crippen molar-refractivity contribution in [2.24, 2.45) is 0 Å². The summed E-state index contributed by atoms with van der Waals surface area (Å²) in [5, 5.41) is 22.9.